The lowest BCUT2D eigenvalue weighted by molar-refractivity contribution is -0.136. The standard InChI is InChI=1S/C20H32O2/c1-2-3-4-5-6-7-8-9-10-11-12-13-14-15-16-17-18-19-20(21)22/h8-9,12-17H,2-7,10-11,18-19H2,1H3,(H,21,22)/b9-8+,13-12+,15-14+,17-16+. The third-order valence-electron chi connectivity index (χ3n) is 3.27. The van der Waals surface area contributed by atoms with E-state index in [-0.39, 0.29) is 6.42 Å². The third-order valence-corrected chi connectivity index (χ3v) is 3.27. The van der Waals surface area contributed by atoms with Crippen molar-refractivity contribution in [2.75, 3.05) is 0 Å². The first-order chi connectivity index (χ1) is 10.8. The molecule has 0 bridgehead atoms. The Labute approximate surface area is 136 Å². The molecule has 22 heavy (non-hydrogen) atoms. The van der Waals surface area contributed by atoms with Crippen LogP contribution in [-0.4, -0.2) is 11.1 Å². The first-order valence-corrected chi connectivity index (χ1v) is 8.62. The second-order valence-electron chi connectivity index (χ2n) is 5.43. The van der Waals surface area contributed by atoms with Crippen LogP contribution in [-0.2, 0) is 4.79 Å². The Hall–Kier alpha value is -1.57. The summed E-state index contributed by atoms with van der Waals surface area (Å²) in [5, 5.41) is 8.47. The van der Waals surface area contributed by atoms with Crippen LogP contribution in [0, 0.1) is 0 Å². The van der Waals surface area contributed by atoms with Crippen molar-refractivity contribution in [2.45, 2.75) is 71.1 Å². The van der Waals surface area contributed by atoms with Crippen LogP contribution in [0.15, 0.2) is 48.6 Å². The van der Waals surface area contributed by atoms with E-state index >= 15 is 0 Å². The number of carbonyl (C=O) groups is 1. The molecule has 2 heteroatoms. The molecule has 0 amide bonds. The lowest BCUT2D eigenvalue weighted by Gasteiger charge is -1.95. The van der Waals surface area contributed by atoms with Gasteiger partial charge in [-0.2, -0.15) is 0 Å². The van der Waals surface area contributed by atoms with Crippen molar-refractivity contribution in [2.24, 2.45) is 0 Å². The molecule has 0 fully saturated rings. The van der Waals surface area contributed by atoms with E-state index in [9.17, 15) is 4.79 Å². The van der Waals surface area contributed by atoms with E-state index in [4.69, 9.17) is 5.11 Å². The second kappa shape index (κ2) is 17.5. The minimum Gasteiger partial charge on any atom is -0.481 e. The highest BCUT2D eigenvalue weighted by Crippen LogP contribution is 2.06. The molecular weight excluding hydrogens is 272 g/mol. The van der Waals surface area contributed by atoms with Crippen LogP contribution in [0.1, 0.15) is 71.1 Å². The molecule has 0 unspecified atom stereocenters. The SMILES string of the molecule is CCCCCCC/C=C/CC/C=C/C=C/C=C/CCC(=O)O. The predicted octanol–water partition coefficient (Wildman–Crippen LogP) is 6.22. The topological polar surface area (TPSA) is 37.3 Å². The predicted molar refractivity (Wildman–Crippen MR) is 96.0 cm³/mol. The molecule has 0 aliphatic rings. The molecule has 0 radical (unpaired) electrons. The van der Waals surface area contributed by atoms with E-state index in [0.29, 0.717) is 6.42 Å². The maximum Gasteiger partial charge on any atom is 0.303 e. The van der Waals surface area contributed by atoms with Gasteiger partial charge in [-0.05, 0) is 32.1 Å². The van der Waals surface area contributed by atoms with Crippen molar-refractivity contribution in [3.05, 3.63) is 48.6 Å². The zero-order chi connectivity index (χ0) is 16.3. The molecule has 1 N–H and O–H groups in total. The molecule has 0 aliphatic heterocycles. The van der Waals surface area contributed by atoms with E-state index in [2.05, 4.69) is 25.2 Å². The smallest absolute Gasteiger partial charge is 0.303 e. The van der Waals surface area contributed by atoms with Gasteiger partial charge in [0.25, 0.3) is 0 Å². The van der Waals surface area contributed by atoms with E-state index < -0.39 is 5.97 Å². The summed E-state index contributed by atoms with van der Waals surface area (Å²) in [7, 11) is 0. The van der Waals surface area contributed by atoms with Gasteiger partial charge in [-0.25, -0.2) is 0 Å². The average molecular weight is 304 g/mol. The Bertz CT molecular complexity index is 362. The first kappa shape index (κ1) is 20.4. The van der Waals surface area contributed by atoms with Gasteiger partial charge in [0, 0.05) is 6.42 Å². The number of aliphatic carboxylic acids is 1. The van der Waals surface area contributed by atoms with Crippen molar-refractivity contribution in [1.82, 2.24) is 0 Å². The summed E-state index contributed by atoms with van der Waals surface area (Å²) in [4.78, 5) is 10.3. The molecule has 0 aromatic heterocycles. The number of allylic oxidation sites excluding steroid dienone is 8. The maximum atomic E-state index is 10.3. The van der Waals surface area contributed by atoms with Gasteiger partial charge in [-0.15, -0.1) is 0 Å². The van der Waals surface area contributed by atoms with E-state index in [1.165, 1.54) is 38.5 Å². The summed E-state index contributed by atoms with van der Waals surface area (Å²) in [5.41, 5.74) is 0. The highest BCUT2D eigenvalue weighted by Gasteiger charge is 1.90. The van der Waals surface area contributed by atoms with Gasteiger partial charge >= 0.3 is 5.97 Å². The summed E-state index contributed by atoms with van der Waals surface area (Å²) in [6, 6.07) is 0. The molecule has 0 heterocycles. The van der Waals surface area contributed by atoms with Gasteiger partial charge in [-0.1, -0.05) is 81.2 Å². The fourth-order valence-electron chi connectivity index (χ4n) is 1.98. The quantitative estimate of drug-likeness (QED) is 0.235. The molecule has 0 spiro atoms. The van der Waals surface area contributed by atoms with Gasteiger partial charge in [0.1, 0.15) is 0 Å². The second-order valence-corrected chi connectivity index (χ2v) is 5.43. The summed E-state index contributed by atoms with van der Waals surface area (Å²) in [6.07, 6.45) is 27.4. The molecule has 0 atom stereocenters. The summed E-state index contributed by atoms with van der Waals surface area (Å²) < 4.78 is 0. The van der Waals surface area contributed by atoms with Gasteiger partial charge < -0.3 is 5.11 Å². The molecule has 0 saturated heterocycles. The minimum atomic E-state index is -0.748. The summed E-state index contributed by atoms with van der Waals surface area (Å²) >= 11 is 0. The van der Waals surface area contributed by atoms with Crippen molar-refractivity contribution < 1.29 is 9.90 Å². The normalized spacial score (nSPS) is 12.4. The third kappa shape index (κ3) is 18.4. The highest BCUT2D eigenvalue weighted by atomic mass is 16.4. The number of unbranched alkanes of at least 4 members (excludes halogenated alkanes) is 6. The Kier molecular flexibility index (Phi) is 16.2. The largest absolute Gasteiger partial charge is 0.481 e. The highest BCUT2D eigenvalue weighted by molar-refractivity contribution is 5.66. The van der Waals surface area contributed by atoms with Gasteiger partial charge in [0.2, 0.25) is 0 Å². The van der Waals surface area contributed by atoms with Crippen molar-refractivity contribution in [3.63, 3.8) is 0 Å². The number of carboxylic acid groups (broad SMARTS) is 1. The zero-order valence-electron chi connectivity index (χ0n) is 14.0. The molecule has 0 aromatic rings. The van der Waals surface area contributed by atoms with Crippen LogP contribution in [0.2, 0.25) is 0 Å². The van der Waals surface area contributed by atoms with Crippen LogP contribution in [0.4, 0.5) is 0 Å². The van der Waals surface area contributed by atoms with Crippen LogP contribution in [0.3, 0.4) is 0 Å². The van der Waals surface area contributed by atoms with Crippen molar-refractivity contribution in [1.29, 1.82) is 0 Å². The lowest BCUT2D eigenvalue weighted by Crippen LogP contribution is -1.91. The molecular formula is C20H32O2. The fourth-order valence-corrected chi connectivity index (χ4v) is 1.98. The molecule has 2 nitrogen and oxygen atoms in total. The van der Waals surface area contributed by atoms with Gasteiger partial charge in [0.15, 0.2) is 0 Å². The van der Waals surface area contributed by atoms with E-state index in [0.717, 1.165) is 12.8 Å². The van der Waals surface area contributed by atoms with Crippen LogP contribution in [0.5, 0.6) is 0 Å². The van der Waals surface area contributed by atoms with E-state index in [1.807, 2.05) is 30.4 Å². The van der Waals surface area contributed by atoms with Gasteiger partial charge in [0.05, 0.1) is 0 Å². The molecule has 124 valence electrons. The molecule has 0 saturated carbocycles. The Morgan fingerprint density at radius 2 is 1.32 bits per heavy atom. The van der Waals surface area contributed by atoms with Crippen LogP contribution < -0.4 is 0 Å². The Morgan fingerprint density at radius 1 is 0.727 bits per heavy atom. The monoisotopic (exact) mass is 304 g/mol. The summed E-state index contributed by atoms with van der Waals surface area (Å²) in [5.74, 6) is -0.748. The number of hydrogen-bond acceptors (Lipinski definition) is 1. The fraction of sp³-hybridized carbons (Fsp3) is 0.550. The van der Waals surface area contributed by atoms with Crippen LogP contribution in [0.25, 0.3) is 0 Å². The first-order valence-electron chi connectivity index (χ1n) is 8.62. The average Bonchev–Trinajstić information content (AvgIpc) is 2.50. The van der Waals surface area contributed by atoms with Crippen molar-refractivity contribution >= 4 is 5.97 Å². The minimum absolute atomic E-state index is 0.200. The van der Waals surface area contributed by atoms with Crippen molar-refractivity contribution in [3.8, 4) is 0 Å². The lowest BCUT2D eigenvalue weighted by atomic mass is 10.1. The number of hydrogen-bond donors (Lipinski definition) is 1. The maximum absolute atomic E-state index is 10.3. The molecule has 0 aromatic carbocycles. The number of carboxylic acids is 1. The molecule has 0 rings (SSSR count). The summed E-state index contributed by atoms with van der Waals surface area (Å²) in [6.45, 7) is 2.25. The number of rotatable bonds is 14. The van der Waals surface area contributed by atoms with E-state index in [1.54, 1.807) is 0 Å². The zero-order valence-corrected chi connectivity index (χ0v) is 14.0. The Balaban J connectivity index is 3.41. The Morgan fingerprint density at radius 3 is 2.00 bits per heavy atom. The van der Waals surface area contributed by atoms with Crippen LogP contribution >= 0.6 is 0 Å². The molecule has 0 aliphatic carbocycles. The van der Waals surface area contributed by atoms with Gasteiger partial charge in [-0.3, -0.25) is 4.79 Å².